The summed E-state index contributed by atoms with van der Waals surface area (Å²) in [4.78, 5) is 0.768. The normalized spacial score (nSPS) is 18.7. The SMILES string of the molecule is N#CCC1(CS(=O)c2cccc(N)c2)CC1. The molecule has 0 aliphatic heterocycles. The molecule has 0 radical (unpaired) electrons. The average molecular weight is 234 g/mol. The molecule has 1 unspecified atom stereocenters. The molecule has 2 N–H and O–H groups in total. The van der Waals surface area contributed by atoms with Crippen molar-refractivity contribution < 1.29 is 4.21 Å². The molecule has 0 heterocycles. The number of hydrogen-bond acceptors (Lipinski definition) is 3. The molecule has 1 aliphatic rings. The summed E-state index contributed by atoms with van der Waals surface area (Å²) >= 11 is 0. The Balaban J connectivity index is 2.07. The van der Waals surface area contributed by atoms with Crippen molar-refractivity contribution in [2.75, 3.05) is 11.5 Å². The Kier molecular flexibility index (Phi) is 2.97. The van der Waals surface area contributed by atoms with Gasteiger partial charge in [0.2, 0.25) is 0 Å². The fraction of sp³-hybridized carbons (Fsp3) is 0.417. The summed E-state index contributed by atoms with van der Waals surface area (Å²) in [5, 5.41) is 8.70. The standard InChI is InChI=1S/C12H14N2OS/c13-7-6-12(4-5-12)9-16(15)11-3-1-2-10(14)8-11/h1-3,8H,4-6,9,14H2. The molecule has 3 nitrogen and oxygen atoms in total. The molecule has 4 heteroatoms. The minimum absolute atomic E-state index is 0.0181. The van der Waals surface area contributed by atoms with Crippen molar-refractivity contribution in [3.8, 4) is 6.07 Å². The third kappa shape index (κ3) is 2.42. The van der Waals surface area contributed by atoms with E-state index in [1.54, 1.807) is 12.1 Å². The van der Waals surface area contributed by atoms with Crippen LogP contribution in [0.3, 0.4) is 0 Å². The van der Waals surface area contributed by atoms with Gasteiger partial charge < -0.3 is 5.73 Å². The topological polar surface area (TPSA) is 66.9 Å². The fourth-order valence-electron chi connectivity index (χ4n) is 1.73. The van der Waals surface area contributed by atoms with Gasteiger partial charge in [-0.05, 0) is 36.5 Å². The highest BCUT2D eigenvalue weighted by molar-refractivity contribution is 7.85. The maximum atomic E-state index is 12.1. The first-order valence-corrected chi connectivity index (χ1v) is 6.58. The smallest absolute Gasteiger partial charge is 0.0627 e. The molecule has 1 aromatic carbocycles. The lowest BCUT2D eigenvalue weighted by Crippen LogP contribution is -2.12. The summed E-state index contributed by atoms with van der Waals surface area (Å²) in [6, 6.07) is 9.35. The van der Waals surface area contributed by atoms with Crippen LogP contribution >= 0.6 is 0 Å². The summed E-state index contributed by atoms with van der Waals surface area (Å²) in [7, 11) is -1.03. The van der Waals surface area contributed by atoms with Gasteiger partial charge >= 0.3 is 0 Å². The van der Waals surface area contributed by atoms with Crippen molar-refractivity contribution in [2.45, 2.75) is 24.2 Å². The van der Waals surface area contributed by atoms with Gasteiger partial charge in [0, 0.05) is 22.8 Å². The third-order valence-electron chi connectivity index (χ3n) is 2.97. The Hall–Kier alpha value is -1.34. The quantitative estimate of drug-likeness (QED) is 0.811. The maximum absolute atomic E-state index is 12.1. The van der Waals surface area contributed by atoms with E-state index in [1.165, 1.54) is 0 Å². The first-order chi connectivity index (χ1) is 7.65. The van der Waals surface area contributed by atoms with Crippen LogP contribution in [0.25, 0.3) is 0 Å². The van der Waals surface area contributed by atoms with Gasteiger partial charge in [-0.2, -0.15) is 5.26 Å². The summed E-state index contributed by atoms with van der Waals surface area (Å²) in [6.45, 7) is 0. The largest absolute Gasteiger partial charge is 0.399 e. The Morgan fingerprint density at radius 3 is 2.81 bits per heavy atom. The molecule has 2 rings (SSSR count). The van der Waals surface area contributed by atoms with Gasteiger partial charge in [0.25, 0.3) is 0 Å². The molecule has 1 aromatic rings. The second-order valence-corrected chi connectivity index (χ2v) is 5.85. The number of nitrogen functional groups attached to an aromatic ring is 1. The zero-order valence-electron chi connectivity index (χ0n) is 8.98. The number of nitriles is 1. The van der Waals surface area contributed by atoms with Gasteiger partial charge in [0.1, 0.15) is 0 Å². The zero-order chi connectivity index (χ0) is 11.6. The molecule has 16 heavy (non-hydrogen) atoms. The summed E-state index contributed by atoms with van der Waals surface area (Å²) in [5.41, 5.74) is 6.30. The summed E-state index contributed by atoms with van der Waals surface area (Å²) in [6.07, 6.45) is 2.56. The number of benzene rings is 1. The molecule has 1 aliphatic carbocycles. The van der Waals surface area contributed by atoms with Crippen LogP contribution in [0.15, 0.2) is 29.2 Å². The molecule has 0 aromatic heterocycles. The van der Waals surface area contributed by atoms with Crippen LogP contribution in [0.1, 0.15) is 19.3 Å². The van der Waals surface area contributed by atoms with Crippen molar-refractivity contribution in [1.82, 2.24) is 0 Å². The van der Waals surface area contributed by atoms with Crippen LogP contribution in [0.4, 0.5) is 5.69 Å². The minimum Gasteiger partial charge on any atom is -0.399 e. The molecule has 84 valence electrons. The molecule has 0 spiro atoms. The average Bonchev–Trinajstić information content (AvgIpc) is 2.98. The number of anilines is 1. The van der Waals surface area contributed by atoms with Crippen LogP contribution in [0, 0.1) is 16.7 Å². The number of nitrogens with zero attached hydrogens (tertiary/aromatic N) is 1. The highest BCUT2D eigenvalue weighted by Crippen LogP contribution is 2.49. The van der Waals surface area contributed by atoms with Crippen LogP contribution < -0.4 is 5.73 Å². The number of nitrogens with two attached hydrogens (primary N) is 1. The van der Waals surface area contributed by atoms with E-state index < -0.39 is 10.8 Å². The molecular formula is C12H14N2OS. The van der Waals surface area contributed by atoms with Gasteiger partial charge in [-0.1, -0.05) is 6.07 Å². The van der Waals surface area contributed by atoms with E-state index in [1.807, 2.05) is 12.1 Å². The highest BCUT2D eigenvalue weighted by Gasteiger charge is 2.43. The van der Waals surface area contributed by atoms with Crippen molar-refractivity contribution >= 4 is 16.5 Å². The van der Waals surface area contributed by atoms with Crippen LogP contribution in [0.5, 0.6) is 0 Å². The molecular weight excluding hydrogens is 220 g/mol. The third-order valence-corrected chi connectivity index (χ3v) is 4.62. The first kappa shape index (κ1) is 11.2. The summed E-state index contributed by atoms with van der Waals surface area (Å²) < 4.78 is 12.1. The highest BCUT2D eigenvalue weighted by atomic mass is 32.2. The van der Waals surface area contributed by atoms with Crippen molar-refractivity contribution in [3.05, 3.63) is 24.3 Å². The predicted octanol–water partition coefficient (Wildman–Crippen LogP) is 2.07. The zero-order valence-corrected chi connectivity index (χ0v) is 9.80. The van der Waals surface area contributed by atoms with Gasteiger partial charge in [-0.15, -0.1) is 0 Å². The molecule has 0 amide bonds. The van der Waals surface area contributed by atoms with Gasteiger partial charge in [-0.3, -0.25) is 4.21 Å². The Bertz CT molecular complexity index is 460. The Morgan fingerprint density at radius 1 is 1.50 bits per heavy atom. The van der Waals surface area contributed by atoms with Gasteiger partial charge in [-0.25, -0.2) is 0 Å². The van der Waals surface area contributed by atoms with Crippen LogP contribution in [-0.2, 0) is 10.8 Å². The number of hydrogen-bond donors (Lipinski definition) is 1. The second kappa shape index (κ2) is 4.26. The molecule has 0 bridgehead atoms. The van der Waals surface area contributed by atoms with Crippen molar-refractivity contribution in [3.63, 3.8) is 0 Å². The van der Waals surface area contributed by atoms with E-state index in [-0.39, 0.29) is 5.41 Å². The van der Waals surface area contributed by atoms with E-state index in [2.05, 4.69) is 6.07 Å². The molecule has 1 saturated carbocycles. The Morgan fingerprint density at radius 2 is 2.25 bits per heavy atom. The van der Waals surface area contributed by atoms with E-state index >= 15 is 0 Å². The monoisotopic (exact) mass is 234 g/mol. The first-order valence-electron chi connectivity index (χ1n) is 5.26. The van der Waals surface area contributed by atoms with Crippen LogP contribution in [0.2, 0.25) is 0 Å². The van der Waals surface area contributed by atoms with Crippen molar-refractivity contribution in [2.24, 2.45) is 5.41 Å². The van der Waals surface area contributed by atoms with Gasteiger partial charge in [0.05, 0.1) is 16.9 Å². The summed E-state index contributed by atoms with van der Waals surface area (Å²) in [5.74, 6) is 0.587. The van der Waals surface area contributed by atoms with E-state index in [0.717, 1.165) is 17.7 Å². The predicted molar refractivity (Wildman–Crippen MR) is 64.0 cm³/mol. The maximum Gasteiger partial charge on any atom is 0.0627 e. The number of rotatable bonds is 4. The molecule has 1 fully saturated rings. The Labute approximate surface area is 97.7 Å². The fourth-order valence-corrected chi connectivity index (χ4v) is 3.35. The van der Waals surface area contributed by atoms with E-state index in [4.69, 9.17) is 11.0 Å². The lowest BCUT2D eigenvalue weighted by Gasteiger charge is -2.10. The lowest BCUT2D eigenvalue weighted by molar-refractivity contribution is 0.587. The van der Waals surface area contributed by atoms with Gasteiger partial charge in [0.15, 0.2) is 0 Å². The van der Waals surface area contributed by atoms with Crippen LogP contribution in [-0.4, -0.2) is 9.96 Å². The lowest BCUT2D eigenvalue weighted by atomic mass is 10.1. The molecule has 0 saturated heterocycles. The van der Waals surface area contributed by atoms with E-state index in [0.29, 0.717) is 17.9 Å². The van der Waals surface area contributed by atoms with E-state index in [9.17, 15) is 4.21 Å². The minimum atomic E-state index is -1.03. The second-order valence-electron chi connectivity index (χ2n) is 4.40. The molecule has 1 atom stereocenters. The van der Waals surface area contributed by atoms with Crippen molar-refractivity contribution in [1.29, 1.82) is 5.26 Å².